The van der Waals surface area contributed by atoms with Gasteiger partial charge < -0.3 is 19.8 Å². The molecule has 0 aliphatic carbocycles. The molecule has 0 saturated carbocycles. The zero-order chi connectivity index (χ0) is 45.7. The maximum atomic E-state index is 12.8. The van der Waals surface area contributed by atoms with E-state index >= 15 is 0 Å². The number of nitrogens with zero attached hydrogens (tertiary/aromatic N) is 1. The Morgan fingerprint density at radius 2 is 0.952 bits per heavy atom. The molecule has 3 atom stereocenters. The summed E-state index contributed by atoms with van der Waals surface area (Å²) in [6, 6.07) is -0.910. The van der Waals surface area contributed by atoms with Crippen LogP contribution in [0.5, 0.6) is 0 Å². The lowest BCUT2D eigenvalue weighted by atomic mass is 10.1. The molecule has 348 valence electrons. The fourth-order valence-electron chi connectivity index (χ4n) is 5.37. The second kappa shape index (κ2) is 42.7. The molecule has 62 heavy (non-hydrogen) atoms. The third kappa shape index (κ3) is 44.4. The summed E-state index contributed by atoms with van der Waals surface area (Å²) in [6.07, 6.45) is 66.6. The van der Waals surface area contributed by atoms with E-state index in [2.05, 4.69) is 153 Å². The van der Waals surface area contributed by atoms with Crippen molar-refractivity contribution < 1.29 is 32.9 Å². The van der Waals surface area contributed by atoms with Crippen LogP contribution in [0.4, 0.5) is 0 Å². The van der Waals surface area contributed by atoms with E-state index in [0.29, 0.717) is 17.4 Å². The van der Waals surface area contributed by atoms with Crippen molar-refractivity contribution >= 4 is 13.7 Å². The normalized spacial score (nSPS) is 15.5. The molecule has 0 rings (SSSR count). The summed E-state index contributed by atoms with van der Waals surface area (Å²) in [6.45, 7) is 4.50. The highest BCUT2D eigenvalue weighted by Gasteiger charge is 2.27. The summed E-state index contributed by atoms with van der Waals surface area (Å²) >= 11 is 0. The van der Waals surface area contributed by atoms with Crippen LogP contribution in [-0.4, -0.2) is 73.4 Å². The van der Waals surface area contributed by atoms with Crippen molar-refractivity contribution in [2.24, 2.45) is 0 Å². The molecule has 0 aliphatic rings. The van der Waals surface area contributed by atoms with Gasteiger partial charge in [0.25, 0.3) is 0 Å². The first-order valence-corrected chi connectivity index (χ1v) is 24.7. The number of amides is 1. The highest BCUT2D eigenvalue weighted by atomic mass is 31.2. The molecule has 0 bridgehead atoms. The average Bonchev–Trinajstić information content (AvgIpc) is 3.23. The van der Waals surface area contributed by atoms with Crippen LogP contribution in [0, 0.1) is 0 Å². The summed E-state index contributed by atoms with van der Waals surface area (Å²) in [4.78, 5) is 23.1. The predicted molar refractivity (Wildman–Crippen MR) is 267 cm³/mol. The van der Waals surface area contributed by atoms with Crippen LogP contribution >= 0.6 is 7.82 Å². The SMILES string of the molecule is CC/C=C\C/C=C\C/C=C\C/C=C\C/C=C\C/C=C\C/C=C\C/C=C\C/C=C\CCCC(=O)NC(COP(=O)(O)OCC[N+](C)(C)C)C(O)/C=C/CC/C=C/CC/C=C/CCC. The number of quaternary nitrogens is 1. The van der Waals surface area contributed by atoms with Gasteiger partial charge in [-0.3, -0.25) is 13.8 Å². The standard InChI is InChI=1S/C53H85N2O6P/c1-6-8-10-12-14-16-18-19-20-21-22-23-24-25-26-27-28-29-30-31-32-33-34-35-37-39-41-43-45-47-53(57)54-51(50-61-62(58,59)60-49-48-55(3,4)5)52(56)46-44-42-40-38-36-17-15-13-11-9-7-2/h8,10-11,13-14,16,19-20,22-23,25-26,28-29,31-32,34-36,38-39,41,44,46,51-52,56H,6-7,9,12,15,17-18,21,24,27,30,33,37,40,42-43,45,47-50H2,1-5H3,(H-,54,57,58,59)/p+1/b10-8-,13-11+,16-14-,20-19-,23-22-,26-25-,29-28-,32-31-,35-34-,38-36+,41-39-,46-44+. The van der Waals surface area contributed by atoms with Crippen LogP contribution in [0.15, 0.2) is 146 Å². The van der Waals surface area contributed by atoms with Crippen LogP contribution in [0.2, 0.25) is 0 Å². The molecule has 0 aromatic rings. The monoisotopic (exact) mass is 878 g/mol. The quantitative estimate of drug-likeness (QED) is 0.0246. The number of phosphoric acid groups is 1. The second-order valence-electron chi connectivity index (χ2n) is 16.0. The maximum Gasteiger partial charge on any atom is 0.472 e. The van der Waals surface area contributed by atoms with Gasteiger partial charge in [-0.05, 0) is 103 Å². The van der Waals surface area contributed by atoms with Gasteiger partial charge in [-0.25, -0.2) is 4.57 Å². The molecule has 3 N–H and O–H groups in total. The third-order valence-corrected chi connectivity index (χ3v) is 9.99. The van der Waals surface area contributed by atoms with Gasteiger partial charge in [-0.15, -0.1) is 0 Å². The Hall–Kier alpha value is -3.62. The number of phosphoric ester groups is 1. The largest absolute Gasteiger partial charge is 0.472 e. The summed E-state index contributed by atoms with van der Waals surface area (Å²) < 4.78 is 23.5. The number of hydrogen-bond acceptors (Lipinski definition) is 5. The fourth-order valence-corrected chi connectivity index (χ4v) is 6.11. The summed E-state index contributed by atoms with van der Waals surface area (Å²) in [7, 11) is 1.48. The summed E-state index contributed by atoms with van der Waals surface area (Å²) in [5.41, 5.74) is 0. The van der Waals surface area contributed by atoms with E-state index in [9.17, 15) is 19.4 Å². The number of allylic oxidation sites excluding steroid dienone is 23. The molecule has 8 nitrogen and oxygen atoms in total. The van der Waals surface area contributed by atoms with Crippen molar-refractivity contribution in [1.29, 1.82) is 0 Å². The number of aliphatic hydroxyl groups is 1. The lowest BCUT2D eigenvalue weighted by Gasteiger charge is -2.25. The van der Waals surface area contributed by atoms with Crippen molar-refractivity contribution in [2.75, 3.05) is 40.9 Å². The second-order valence-corrected chi connectivity index (χ2v) is 17.5. The number of carbonyl (C=O) groups is 1. The van der Waals surface area contributed by atoms with Gasteiger partial charge in [0, 0.05) is 6.42 Å². The molecule has 0 aromatic heterocycles. The maximum absolute atomic E-state index is 12.8. The molecule has 0 heterocycles. The van der Waals surface area contributed by atoms with E-state index in [1.54, 1.807) is 6.08 Å². The van der Waals surface area contributed by atoms with Crippen LogP contribution in [0.3, 0.4) is 0 Å². The number of unbranched alkanes of at least 4 members (excludes halogenated alkanes) is 4. The van der Waals surface area contributed by atoms with Crippen molar-refractivity contribution in [2.45, 2.75) is 142 Å². The number of likely N-dealkylation sites (N-methyl/N-ethyl adjacent to an activating group) is 1. The van der Waals surface area contributed by atoms with Crippen LogP contribution in [0.1, 0.15) is 129 Å². The smallest absolute Gasteiger partial charge is 0.387 e. The molecule has 0 aliphatic heterocycles. The van der Waals surface area contributed by atoms with Crippen LogP contribution in [0.25, 0.3) is 0 Å². The minimum absolute atomic E-state index is 0.0331. The summed E-state index contributed by atoms with van der Waals surface area (Å²) in [5, 5.41) is 13.7. The molecular weight excluding hydrogens is 792 g/mol. The van der Waals surface area contributed by atoms with Crippen LogP contribution < -0.4 is 5.32 Å². The Labute approximate surface area is 378 Å². The first kappa shape index (κ1) is 58.4. The highest BCUT2D eigenvalue weighted by molar-refractivity contribution is 7.47. The van der Waals surface area contributed by atoms with Gasteiger partial charge in [0.1, 0.15) is 13.2 Å². The zero-order valence-electron chi connectivity index (χ0n) is 39.3. The first-order valence-electron chi connectivity index (χ1n) is 23.2. The van der Waals surface area contributed by atoms with E-state index < -0.39 is 20.0 Å². The number of hydrogen-bond donors (Lipinski definition) is 3. The Morgan fingerprint density at radius 3 is 1.37 bits per heavy atom. The van der Waals surface area contributed by atoms with Gasteiger partial charge in [0.2, 0.25) is 5.91 Å². The Balaban J connectivity index is 4.46. The fraction of sp³-hybridized carbons (Fsp3) is 0.528. The van der Waals surface area contributed by atoms with E-state index in [1.165, 1.54) is 0 Å². The third-order valence-electron chi connectivity index (χ3n) is 9.00. The van der Waals surface area contributed by atoms with E-state index in [1.807, 2.05) is 27.2 Å². The number of nitrogens with one attached hydrogen (secondary N) is 1. The lowest BCUT2D eigenvalue weighted by molar-refractivity contribution is -0.870. The first-order chi connectivity index (χ1) is 30.0. The summed E-state index contributed by atoms with van der Waals surface area (Å²) in [5.74, 6) is -0.259. The Morgan fingerprint density at radius 1 is 0.565 bits per heavy atom. The molecular formula is C53H86N2O6P+. The van der Waals surface area contributed by atoms with Gasteiger partial charge in [-0.2, -0.15) is 0 Å². The molecule has 0 radical (unpaired) electrons. The Kier molecular flexibility index (Phi) is 40.2. The predicted octanol–water partition coefficient (Wildman–Crippen LogP) is 13.4. The molecule has 9 heteroatoms. The zero-order valence-corrected chi connectivity index (χ0v) is 40.2. The van der Waals surface area contributed by atoms with Crippen molar-refractivity contribution in [3.05, 3.63) is 146 Å². The molecule has 1 amide bonds. The number of carbonyl (C=O) groups excluding carboxylic acids is 1. The average molecular weight is 878 g/mol. The molecule has 0 spiro atoms. The van der Waals surface area contributed by atoms with Crippen molar-refractivity contribution in [3.8, 4) is 0 Å². The van der Waals surface area contributed by atoms with E-state index in [-0.39, 0.29) is 25.5 Å². The van der Waals surface area contributed by atoms with Gasteiger partial charge in [0.15, 0.2) is 0 Å². The Bertz CT molecular complexity index is 1510. The lowest BCUT2D eigenvalue weighted by Crippen LogP contribution is -2.45. The molecule has 3 unspecified atom stereocenters. The number of rotatable bonds is 39. The van der Waals surface area contributed by atoms with E-state index in [0.717, 1.165) is 103 Å². The van der Waals surface area contributed by atoms with Gasteiger partial charge in [-0.1, -0.05) is 166 Å². The van der Waals surface area contributed by atoms with E-state index in [4.69, 9.17) is 9.05 Å². The minimum atomic E-state index is -4.37. The van der Waals surface area contributed by atoms with Gasteiger partial charge >= 0.3 is 7.82 Å². The van der Waals surface area contributed by atoms with Crippen LogP contribution in [-0.2, 0) is 18.4 Å². The molecule has 0 saturated heterocycles. The van der Waals surface area contributed by atoms with Crippen molar-refractivity contribution in [1.82, 2.24) is 5.32 Å². The molecule has 0 aromatic carbocycles. The van der Waals surface area contributed by atoms with Crippen molar-refractivity contribution in [3.63, 3.8) is 0 Å². The topological polar surface area (TPSA) is 105 Å². The van der Waals surface area contributed by atoms with Gasteiger partial charge in [0.05, 0.1) is 39.9 Å². The number of aliphatic hydroxyl groups excluding tert-OH is 1. The molecule has 0 fully saturated rings. The minimum Gasteiger partial charge on any atom is -0.387 e. The highest BCUT2D eigenvalue weighted by Crippen LogP contribution is 2.43.